The van der Waals surface area contributed by atoms with Crippen molar-refractivity contribution in [2.75, 3.05) is 0 Å². The summed E-state index contributed by atoms with van der Waals surface area (Å²) in [4.78, 5) is 3.79. The van der Waals surface area contributed by atoms with Gasteiger partial charge in [0.15, 0.2) is 0 Å². The third-order valence-electron chi connectivity index (χ3n) is 3.56. The van der Waals surface area contributed by atoms with Gasteiger partial charge in [-0.15, -0.1) is 0 Å². The molecule has 2 atom stereocenters. The molecule has 1 fully saturated rings. The molecule has 2 unspecified atom stereocenters. The van der Waals surface area contributed by atoms with Crippen LogP contribution in [0.15, 0.2) is 30.3 Å². The van der Waals surface area contributed by atoms with Gasteiger partial charge < -0.3 is 4.85 Å². The molecule has 1 heteroatoms. The van der Waals surface area contributed by atoms with E-state index in [4.69, 9.17) is 6.57 Å². The first-order chi connectivity index (χ1) is 7.27. The highest BCUT2D eigenvalue weighted by molar-refractivity contribution is 5.18. The summed E-state index contributed by atoms with van der Waals surface area (Å²) >= 11 is 0. The summed E-state index contributed by atoms with van der Waals surface area (Å²) in [6.45, 7) is 9.40. The van der Waals surface area contributed by atoms with E-state index in [0.717, 1.165) is 25.7 Å². The maximum absolute atomic E-state index is 7.21. The first-order valence-corrected chi connectivity index (χ1v) is 5.69. The number of hydrogen-bond donors (Lipinski definition) is 0. The van der Waals surface area contributed by atoms with E-state index < -0.39 is 0 Å². The van der Waals surface area contributed by atoms with Gasteiger partial charge in [-0.3, -0.25) is 0 Å². The molecule has 0 aromatic heterocycles. The van der Waals surface area contributed by atoms with Crippen LogP contribution >= 0.6 is 0 Å². The molecular weight excluding hydrogens is 182 g/mol. The number of aryl methyl sites for hydroxylation is 1. The number of nitrogens with zero attached hydrogens (tertiary/aromatic N) is 1. The van der Waals surface area contributed by atoms with Gasteiger partial charge in [0, 0.05) is 18.8 Å². The summed E-state index contributed by atoms with van der Waals surface area (Å²) in [6.07, 6.45) is 4.46. The van der Waals surface area contributed by atoms with Crippen molar-refractivity contribution >= 4 is 0 Å². The number of hydrogen-bond acceptors (Lipinski definition) is 0. The van der Waals surface area contributed by atoms with Gasteiger partial charge >= 0.3 is 0 Å². The van der Waals surface area contributed by atoms with E-state index in [1.54, 1.807) is 0 Å². The molecule has 0 aliphatic heterocycles. The Morgan fingerprint density at radius 1 is 1.40 bits per heavy atom. The van der Waals surface area contributed by atoms with Crippen LogP contribution in [0.1, 0.15) is 31.7 Å². The van der Waals surface area contributed by atoms with Crippen LogP contribution in [0.3, 0.4) is 0 Å². The topological polar surface area (TPSA) is 4.36 Å². The van der Waals surface area contributed by atoms with E-state index in [1.807, 2.05) is 6.07 Å². The maximum Gasteiger partial charge on any atom is 0.236 e. The third-order valence-corrected chi connectivity index (χ3v) is 3.56. The predicted molar refractivity (Wildman–Crippen MR) is 62.5 cm³/mol. The Labute approximate surface area is 91.9 Å². The highest BCUT2D eigenvalue weighted by Gasteiger charge is 2.58. The van der Waals surface area contributed by atoms with E-state index in [9.17, 15) is 0 Å². The van der Waals surface area contributed by atoms with Crippen LogP contribution < -0.4 is 0 Å². The average molecular weight is 199 g/mol. The molecule has 1 aliphatic carbocycles. The summed E-state index contributed by atoms with van der Waals surface area (Å²) in [5.74, 6) is 0.630. The Morgan fingerprint density at radius 2 is 2.07 bits per heavy atom. The molecule has 0 spiro atoms. The van der Waals surface area contributed by atoms with Crippen molar-refractivity contribution in [1.29, 1.82) is 0 Å². The summed E-state index contributed by atoms with van der Waals surface area (Å²) in [6, 6.07) is 10.5. The predicted octanol–water partition coefficient (Wildman–Crippen LogP) is 3.71. The fourth-order valence-corrected chi connectivity index (χ4v) is 2.27. The molecule has 0 radical (unpaired) electrons. The summed E-state index contributed by atoms with van der Waals surface area (Å²) in [5.41, 5.74) is 1.42. The van der Waals surface area contributed by atoms with Crippen molar-refractivity contribution in [3.63, 3.8) is 0 Å². The molecule has 1 saturated carbocycles. The lowest BCUT2D eigenvalue weighted by Gasteiger charge is -2.03. The lowest BCUT2D eigenvalue weighted by atomic mass is 10.0. The van der Waals surface area contributed by atoms with Crippen LogP contribution in [-0.4, -0.2) is 5.54 Å². The van der Waals surface area contributed by atoms with Crippen LogP contribution in [0.5, 0.6) is 0 Å². The average Bonchev–Trinajstić information content (AvgIpc) is 2.92. The van der Waals surface area contributed by atoms with Crippen LogP contribution in [0.25, 0.3) is 4.85 Å². The van der Waals surface area contributed by atoms with E-state index in [2.05, 4.69) is 36.0 Å². The number of rotatable bonds is 4. The SMILES string of the molecule is [C-]#[N+]C1(CCCc2ccccc2)CC1C. The quantitative estimate of drug-likeness (QED) is 0.651. The van der Waals surface area contributed by atoms with Crippen LogP contribution in [-0.2, 0) is 6.42 Å². The fraction of sp³-hybridized carbons (Fsp3) is 0.500. The zero-order valence-corrected chi connectivity index (χ0v) is 9.24. The van der Waals surface area contributed by atoms with Gasteiger partial charge in [0.25, 0.3) is 0 Å². The van der Waals surface area contributed by atoms with Crippen molar-refractivity contribution in [2.45, 2.75) is 38.1 Å². The van der Waals surface area contributed by atoms with Gasteiger partial charge in [0.2, 0.25) is 5.54 Å². The minimum absolute atomic E-state index is 0.0226. The molecule has 1 aromatic rings. The lowest BCUT2D eigenvalue weighted by Crippen LogP contribution is -2.05. The van der Waals surface area contributed by atoms with Crippen molar-refractivity contribution < 1.29 is 0 Å². The molecule has 0 N–H and O–H groups in total. The van der Waals surface area contributed by atoms with Crippen molar-refractivity contribution in [1.82, 2.24) is 0 Å². The Morgan fingerprint density at radius 3 is 2.60 bits per heavy atom. The van der Waals surface area contributed by atoms with Gasteiger partial charge in [-0.2, -0.15) is 0 Å². The molecule has 1 aliphatic rings. The second kappa shape index (κ2) is 4.06. The van der Waals surface area contributed by atoms with Gasteiger partial charge in [0.1, 0.15) is 0 Å². The summed E-state index contributed by atoms with van der Waals surface area (Å²) in [5, 5.41) is 0. The van der Waals surface area contributed by atoms with Gasteiger partial charge in [-0.05, 0) is 18.4 Å². The first kappa shape index (κ1) is 10.2. The van der Waals surface area contributed by atoms with Gasteiger partial charge in [0.05, 0.1) is 0 Å². The van der Waals surface area contributed by atoms with Crippen molar-refractivity contribution in [3.05, 3.63) is 47.3 Å². The molecule has 1 aromatic carbocycles. The number of benzene rings is 1. The van der Waals surface area contributed by atoms with E-state index in [0.29, 0.717) is 5.92 Å². The van der Waals surface area contributed by atoms with Crippen molar-refractivity contribution in [2.24, 2.45) is 5.92 Å². The normalized spacial score (nSPS) is 28.4. The summed E-state index contributed by atoms with van der Waals surface area (Å²) in [7, 11) is 0. The van der Waals surface area contributed by atoms with E-state index in [1.165, 1.54) is 5.56 Å². The van der Waals surface area contributed by atoms with E-state index in [-0.39, 0.29) is 5.54 Å². The first-order valence-electron chi connectivity index (χ1n) is 5.69. The van der Waals surface area contributed by atoms with E-state index >= 15 is 0 Å². The van der Waals surface area contributed by atoms with Crippen LogP contribution in [0, 0.1) is 12.5 Å². The zero-order valence-electron chi connectivity index (χ0n) is 9.24. The second-order valence-corrected chi connectivity index (χ2v) is 4.66. The Balaban J connectivity index is 1.79. The van der Waals surface area contributed by atoms with Gasteiger partial charge in [-0.25, -0.2) is 6.57 Å². The van der Waals surface area contributed by atoms with Crippen LogP contribution in [0.2, 0.25) is 0 Å². The molecule has 78 valence electrons. The molecule has 0 heterocycles. The highest BCUT2D eigenvalue weighted by atomic mass is 14.9. The standard InChI is InChI=1S/C14H17N/c1-12-11-14(12,15-2)10-6-9-13-7-4-3-5-8-13/h3-5,7-8,12H,6,9-11H2,1H3. The second-order valence-electron chi connectivity index (χ2n) is 4.66. The van der Waals surface area contributed by atoms with Crippen molar-refractivity contribution in [3.8, 4) is 0 Å². The molecule has 0 amide bonds. The monoisotopic (exact) mass is 199 g/mol. The maximum atomic E-state index is 7.21. The Kier molecular flexibility index (Phi) is 2.77. The Bertz CT molecular complexity index is 363. The minimum atomic E-state index is 0.0226. The van der Waals surface area contributed by atoms with Crippen LogP contribution in [0.4, 0.5) is 0 Å². The summed E-state index contributed by atoms with van der Waals surface area (Å²) < 4.78 is 0. The zero-order chi connectivity index (χ0) is 10.7. The third kappa shape index (κ3) is 2.21. The highest BCUT2D eigenvalue weighted by Crippen LogP contribution is 2.50. The Hall–Kier alpha value is -1.29. The molecular formula is C14H17N. The largest absolute Gasteiger partial charge is 0.310 e. The molecule has 0 bridgehead atoms. The molecule has 0 saturated heterocycles. The minimum Gasteiger partial charge on any atom is -0.310 e. The van der Waals surface area contributed by atoms with Gasteiger partial charge in [-0.1, -0.05) is 37.3 Å². The molecule has 1 nitrogen and oxygen atoms in total. The smallest absolute Gasteiger partial charge is 0.236 e. The lowest BCUT2D eigenvalue weighted by molar-refractivity contribution is 0.605. The fourth-order valence-electron chi connectivity index (χ4n) is 2.27. The molecule has 15 heavy (non-hydrogen) atoms. The molecule has 2 rings (SSSR count).